The van der Waals surface area contributed by atoms with E-state index in [0.29, 0.717) is 6.42 Å². The van der Waals surface area contributed by atoms with Gasteiger partial charge in [-0.1, -0.05) is 13.0 Å². The van der Waals surface area contributed by atoms with E-state index >= 15 is 0 Å². The van der Waals surface area contributed by atoms with Gasteiger partial charge in [0, 0.05) is 12.4 Å². The van der Waals surface area contributed by atoms with Crippen LogP contribution in [0.3, 0.4) is 0 Å². The fourth-order valence-corrected chi connectivity index (χ4v) is 0.313. The predicted molar refractivity (Wildman–Crippen MR) is 42.8 cm³/mol. The Labute approximate surface area is 66.3 Å². The molecule has 0 aliphatic rings. The summed E-state index contributed by atoms with van der Waals surface area (Å²) in [7, 11) is 0. The molecule has 0 amide bonds. The van der Waals surface area contributed by atoms with Gasteiger partial charge in [0.15, 0.2) is 6.29 Å². The summed E-state index contributed by atoms with van der Waals surface area (Å²) in [5.74, 6) is 0. The molecule has 1 aromatic rings. The van der Waals surface area contributed by atoms with Crippen LogP contribution in [-0.2, 0) is 0 Å². The molecule has 0 bridgehead atoms. The van der Waals surface area contributed by atoms with Gasteiger partial charge < -0.3 is 10.2 Å². The summed E-state index contributed by atoms with van der Waals surface area (Å²) in [6.07, 6.45) is 2.80. The molecule has 0 atom stereocenters. The molecule has 0 aromatic carbocycles. The lowest BCUT2D eigenvalue weighted by Crippen LogP contribution is -1.99. The van der Waals surface area contributed by atoms with E-state index in [0.717, 1.165) is 0 Å². The van der Waals surface area contributed by atoms with Crippen LogP contribution in [0.1, 0.15) is 13.3 Å². The van der Waals surface area contributed by atoms with Gasteiger partial charge in [0.2, 0.25) is 0 Å². The third-order valence-electron chi connectivity index (χ3n) is 0.932. The van der Waals surface area contributed by atoms with Crippen LogP contribution in [0.15, 0.2) is 30.6 Å². The van der Waals surface area contributed by atoms with Gasteiger partial charge in [-0.05, 0) is 18.6 Å². The van der Waals surface area contributed by atoms with E-state index in [4.69, 9.17) is 10.2 Å². The van der Waals surface area contributed by atoms with Gasteiger partial charge >= 0.3 is 0 Å². The topological polar surface area (TPSA) is 53.4 Å². The van der Waals surface area contributed by atoms with E-state index in [1.807, 2.05) is 18.2 Å². The van der Waals surface area contributed by atoms with Crippen LogP contribution in [0.5, 0.6) is 0 Å². The van der Waals surface area contributed by atoms with E-state index < -0.39 is 6.29 Å². The van der Waals surface area contributed by atoms with Crippen LogP contribution in [0.4, 0.5) is 0 Å². The van der Waals surface area contributed by atoms with Crippen molar-refractivity contribution < 1.29 is 10.2 Å². The number of nitrogens with zero attached hydrogens (tertiary/aromatic N) is 1. The number of pyridine rings is 1. The number of aromatic nitrogens is 1. The smallest absolute Gasteiger partial charge is 0.151 e. The Morgan fingerprint density at radius 2 is 1.64 bits per heavy atom. The predicted octanol–water partition coefficient (Wildman–Crippen LogP) is 0.789. The van der Waals surface area contributed by atoms with Gasteiger partial charge in [-0.3, -0.25) is 4.98 Å². The minimum absolute atomic E-state index is 0.417. The molecular formula is C8H13NO2. The molecular weight excluding hydrogens is 142 g/mol. The first-order valence-electron chi connectivity index (χ1n) is 3.48. The standard InChI is InChI=1S/C5H5N.C3H8O2/c1-2-4-6-5-3-1;1-2-3(4)5/h1-5H;3-5H,2H2,1H3. The van der Waals surface area contributed by atoms with Crippen molar-refractivity contribution >= 4 is 0 Å². The molecule has 0 saturated heterocycles. The van der Waals surface area contributed by atoms with Crippen LogP contribution in [0.2, 0.25) is 0 Å². The minimum atomic E-state index is -1.12. The Hall–Kier alpha value is -0.930. The van der Waals surface area contributed by atoms with Gasteiger partial charge in [0.25, 0.3) is 0 Å². The summed E-state index contributed by atoms with van der Waals surface area (Å²) < 4.78 is 0. The molecule has 11 heavy (non-hydrogen) atoms. The molecule has 0 saturated carbocycles. The largest absolute Gasteiger partial charge is 0.368 e. The van der Waals surface area contributed by atoms with Crippen molar-refractivity contribution in [1.29, 1.82) is 0 Å². The van der Waals surface area contributed by atoms with Crippen molar-refractivity contribution in [3.05, 3.63) is 30.6 Å². The van der Waals surface area contributed by atoms with Crippen LogP contribution < -0.4 is 0 Å². The fourth-order valence-electron chi connectivity index (χ4n) is 0.313. The molecule has 1 rings (SSSR count). The lowest BCUT2D eigenvalue weighted by atomic mass is 10.5. The highest BCUT2D eigenvalue weighted by molar-refractivity contribution is 4.88. The number of hydrogen-bond donors (Lipinski definition) is 2. The zero-order valence-corrected chi connectivity index (χ0v) is 6.51. The highest BCUT2D eigenvalue weighted by atomic mass is 16.5. The lowest BCUT2D eigenvalue weighted by Gasteiger charge is -1.90. The van der Waals surface area contributed by atoms with Gasteiger partial charge in [0.05, 0.1) is 0 Å². The Morgan fingerprint density at radius 1 is 1.18 bits per heavy atom. The Balaban J connectivity index is 0.000000187. The highest BCUT2D eigenvalue weighted by Gasteiger charge is 1.83. The first kappa shape index (κ1) is 10.1. The quantitative estimate of drug-likeness (QED) is 0.589. The van der Waals surface area contributed by atoms with Gasteiger partial charge in [-0.25, -0.2) is 0 Å². The molecule has 0 aliphatic carbocycles. The number of aliphatic hydroxyl groups excluding tert-OH is 1. The van der Waals surface area contributed by atoms with Crippen molar-refractivity contribution in [3.63, 3.8) is 0 Å². The monoisotopic (exact) mass is 155 g/mol. The summed E-state index contributed by atoms with van der Waals surface area (Å²) in [6.45, 7) is 1.70. The maximum atomic E-state index is 7.92. The van der Waals surface area contributed by atoms with Gasteiger partial charge in [-0.2, -0.15) is 0 Å². The molecule has 0 unspecified atom stereocenters. The molecule has 3 heteroatoms. The summed E-state index contributed by atoms with van der Waals surface area (Å²) in [5, 5.41) is 15.8. The molecule has 0 aliphatic heterocycles. The second-order valence-corrected chi connectivity index (χ2v) is 1.91. The van der Waals surface area contributed by atoms with Crippen LogP contribution >= 0.6 is 0 Å². The SMILES string of the molecule is CCC(O)O.c1ccncc1. The van der Waals surface area contributed by atoms with Crippen molar-refractivity contribution in [1.82, 2.24) is 4.98 Å². The van der Waals surface area contributed by atoms with E-state index in [2.05, 4.69) is 4.98 Å². The second-order valence-electron chi connectivity index (χ2n) is 1.91. The Kier molecular flexibility index (Phi) is 6.57. The highest BCUT2D eigenvalue weighted by Crippen LogP contribution is 1.77. The molecule has 62 valence electrons. The second kappa shape index (κ2) is 7.18. The normalized spacial score (nSPS) is 8.73. The van der Waals surface area contributed by atoms with Crippen LogP contribution in [0.25, 0.3) is 0 Å². The first-order chi connectivity index (χ1) is 5.27. The van der Waals surface area contributed by atoms with Crippen LogP contribution in [0, 0.1) is 0 Å². The van der Waals surface area contributed by atoms with Crippen molar-refractivity contribution in [2.24, 2.45) is 0 Å². The molecule has 1 aromatic heterocycles. The number of rotatable bonds is 1. The van der Waals surface area contributed by atoms with Crippen molar-refractivity contribution in [3.8, 4) is 0 Å². The molecule has 0 fully saturated rings. The maximum Gasteiger partial charge on any atom is 0.151 e. The average molecular weight is 155 g/mol. The maximum absolute atomic E-state index is 7.92. The summed E-state index contributed by atoms with van der Waals surface area (Å²) in [4.78, 5) is 3.78. The minimum Gasteiger partial charge on any atom is -0.368 e. The molecule has 1 heterocycles. The molecule has 0 radical (unpaired) electrons. The van der Waals surface area contributed by atoms with E-state index in [9.17, 15) is 0 Å². The average Bonchev–Trinajstić information content (AvgIpc) is 2.09. The first-order valence-corrected chi connectivity index (χ1v) is 3.48. The van der Waals surface area contributed by atoms with Gasteiger partial charge in [-0.15, -0.1) is 0 Å². The zero-order valence-electron chi connectivity index (χ0n) is 6.51. The van der Waals surface area contributed by atoms with Crippen molar-refractivity contribution in [2.45, 2.75) is 19.6 Å². The molecule has 0 spiro atoms. The van der Waals surface area contributed by atoms with E-state index in [1.54, 1.807) is 19.3 Å². The number of hydrogen-bond acceptors (Lipinski definition) is 3. The third-order valence-corrected chi connectivity index (χ3v) is 0.932. The Morgan fingerprint density at radius 3 is 1.73 bits per heavy atom. The Bertz CT molecular complexity index is 127. The van der Waals surface area contributed by atoms with Crippen LogP contribution in [-0.4, -0.2) is 21.5 Å². The molecule has 3 nitrogen and oxygen atoms in total. The van der Waals surface area contributed by atoms with E-state index in [1.165, 1.54) is 0 Å². The van der Waals surface area contributed by atoms with Gasteiger partial charge in [0.1, 0.15) is 0 Å². The lowest BCUT2D eigenvalue weighted by molar-refractivity contribution is -0.0413. The summed E-state index contributed by atoms with van der Waals surface area (Å²) >= 11 is 0. The third kappa shape index (κ3) is 9.07. The molecule has 2 N–H and O–H groups in total. The van der Waals surface area contributed by atoms with E-state index in [-0.39, 0.29) is 0 Å². The fraction of sp³-hybridized carbons (Fsp3) is 0.375. The number of aliphatic hydroxyl groups is 2. The van der Waals surface area contributed by atoms with Crippen molar-refractivity contribution in [2.75, 3.05) is 0 Å². The zero-order chi connectivity index (χ0) is 8.53. The summed E-state index contributed by atoms with van der Waals surface area (Å²) in [5.41, 5.74) is 0. The summed E-state index contributed by atoms with van der Waals surface area (Å²) in [6, 6.07) is 5.72.